The van der Waals surface area contributed by atoms with Gasteiger partial charge in [0.2, 0.25) is 0 Å². The van der Waals surface area contributed by atoms with E-state index in [1.807, 2.05) is 0 Å². The Labute approximate surface area is 83.8 Å². The van der Waals surface area contributed by atoms with Gasteiger partial charge in [-0.1, -0.05) is 20.8 Å². The van der Waals surface area contributed by atoms with Gasteiger partial charge >= 0.3 is 0 Å². The third-order valence-electron chi connectivity index (χ3n) is 3.76. The van der Waals surface area contributed by atoms with Crippen LogP contribution in [0.3, 0.4) is 0 Å². The molecule has 1 fully saturated rings. The van der Waals surface area contributed by atoms with Gasteiger partial charge in [0.05, 0.1) is 0 Å². The van der Waals surface area contributed by atoms with E-state index < -0.39 is 8.24 Å². The smallest absolute Gasteiger partial charge is 0.127 e. The highest BCUT2D eigenvalue weighted by molar-refractivity contribution is 6.77. The lowest BCUT2D eigenvalue weighted by atomic mass is 10.4. The fourth-order valence-electron chi connectivity index (χ4n) is 2.56. The Bertz CT molecular complexity index is 132. The van der Waals surface area contributed by atoms with Crippen molar-refractivity contribution in [3.63, 3.8) is 0 Å². The van der Waals surface area contributed by atoms with Gasteiger partial charge in [0.15, 0.2) is 0 Å². The summed E-state index contributed by atoms with van der Waals surface area (Å²) < 4.78 is 2.82. The van der Waals surface area contributed by atoms with Gasteiger partial charge in [-0.2, -0.15) is 0 Å². The highest BCUT2D eigenvalue weighted by Gasteiger charge is 2.34. The quantitative estimate of drug-likeness (QED) is 0.697. The largest absolute Gasteiger partial charge is 0.321 e. The third kappa shape index (κ3) is 2.33. The number of hydrogen-bond acceptors (Lipinski definition) is 2. The molecule has 0 atom stereocenters. The second-order valence-corrected chi connectivity index (χ2v) is 9.22. The van der Waals surface area contributed by atoms with E-state index in [0.29, 0.717) is 0 Å². The van der Waals surface area contributed by atoms with Crippen LogP contribution in [0, 0.1) is 0 Å². The van der Waals surface area contributed by atoms with E-state index in [4.69, 9.17) is 0 Å². The lowest BCUT2D eigenvalue weighted by Crippen LogP contribution is -2.58. The Kier molecular flexibility index (Phi) is 4.42. The second kappa shape index (κ2) is 5.13. The molecule has 2 nitrogen and oxygen atoms in total. The Morgan fingerprint density at radius 2 is 1.46 bits per heavy atom. The van der Waals surface area contributed by atoms with E-state index in [-0.39, 0.29) is 0 Å². The molecule has 0 aliphatic carbocycles. The van der Waals surface area contributed by atoms with Crippen LogP contribution in [0.25, 0.3) is 0 Å². The molecule has 0 aromatic heterocycles. The number of piperazine rings is 1. The van der Waals surface area contributed by atoms with Gasteiger partial charge in [0.25, 0.3) is 0 Å². The van der Waals surface area contributed by atoms with Crippen molar-refractivity contribution in [3.05, 3.63) is 0 Å². The molecule has 0 radical (unpaired) electrons. The van der Waals surface area contributed by atoms with E-state index in [0.717, 1.165) is 0 Å². The van der Waals surface area contributed by atoms with Crippen LogP contribution < -0.4 is 5.32 Å². The maximum absolute atomic E-state index is 3.44. The molecule has 0 aromatic rings. The van der Waals surface area contributed by atoms with Crippen molar-refractivity contribution in [2.45, 2.75) is 38.9 Å². The molecule has 1 aliphatic rings. The molecule has 0 spiro atoms. The molecule has 3 heteroatoms. The molecule has 1 N–H and O–H groups in total. The zero-order valence-corrected chi connectivity index (χ0v) is 10.4. The first-order chi connectivity index (χ1) is 6.29. The highest BCUT2D eigenvalue weighted by atomic mass is 28.3. The first-order valence-corrected chi connectivity index (χ1v) is 8.31. The molecule has 0 bridgehead atoms. The summed E-state index contributed by atoms with van der Waals surface area (Å²) >= 11 is 0. The van der Waals surface area contributed by atoms with E-state index in [1.165, 1.54) is 44.3 Å². The zero-order valence-electron chi connectivity index (χ0n) is 9.40. The average molecular weight is 200 g/mol. The topological polar surface area (TPSA) is 15.3 Å². The Morgan fingerprint density at radius 3 is 1.85 bits per heavy atom. The summed E-state index contributed by atoms with van der Waals surface area (Å²) in [6.45, 7) is 12.2. The molecule has 0 aromatic carbocycles. The predicted molar refractivity (Wildman–Crippen MR) is 61.6 cm³/mol. The van der Waals surface area contributed by atoms with Crippen molar-refractivity contribution in [1.29, 1.82) is 0 Å². The number of hydrogen-bond donors (Lipinski definition) is 1. The number of rotatable bonds is 4. The molecule has 1 heterocycles. The van der Waals surface area contributed by atoms with Crippen LogP contribution in [-0.2, 0) is 0 Å². The average Bonchev–Trinajstić information content (AvgIpc) is 2.23. The van der Waals surface area contributed by atoms with Crippen molar-refractivity contribution in [1.82, 2.24) is 9.88 Å². The molecule has 0 saturated carbocycles. The Balaban J connectivity index is 2.60. The van der Waals surface area contributed by atoms with Crippen molar-refractivity contribution < 1.29 is 0 Å². The number of nitrogens with zero attached hydrogens (tertiary/aromatic N) is 1. The molecule has 78 valence electrons. The van der Waals surface area contributed by atoms with E-state index in [9.17, 15) is 0 Å². The van der Waals surface area contributed by atoms with Crippen LogP contribution in [0.4, 0.5) is 0 Å². The van der Waals surface area contributed by atoms with Crippen LogP contribution in [0.1, 0.15) is 20.8 Å². The van der Waals surface area contributed by atoms with E-state index >= 15 is 0 Å². The molecule has 1 saturated heterocycles. The van der Waals surface area contributed by atoms with Gasteiger partial charge < -0.3 is 9.88 Å². The fourth-order valence-corrected chi connectivity index (χ4v) is 6.57. The third-order valence-corrected chi connectivity index (χ3v) is 9.50. The standard InChI is InChI=1S/C10H24N2Si/c1-4-13(5-2,6-3)12-9-7-11-8-10-12/h11H,4-10H2,1-3H3. The SMILES string of the molecule is CC[Si](CC)(CC)N1CCNCC1. The fraction of sp³-hybridized carbons (Fsp3) is 1.00. The van der Waals surface area contributed by atoms with Gasteiger partial charge in [0.1, 0.15) is 8.24 Å². The molecular formula is C10H24N2Si. The first kappa shape index (κ1) is 11.2. The Morgan fingerprint density at radius 1 is 1.00 bits per heavy atom. The van der Waals surface area contributed by atoms with Crippen LogP contribution in [0.2, 0.25) is 18.1 Å². The van der Waals surface area contributed by atoms with Crippen LogP contribution in [-0.4, -0.2) is 39.0 Å². The lowest BCUT2D eigenvalue weighted by Gasteiger charge is -2.43. The normalized spacial score (nSPS) is 20.5. The zero-order chi connectivity index (χ0) is 9.73. The summed E-state index contributed by atoms with van der Waals surface area (Å²) in [7, 11) is -1.02. The van der Waals surface area contributed by atoms with Gasteiger partial charge in [-0.05, 0) is 18.1 Å². The van der Waals surface area contributed by atoms with Crippen LogP contribution in [0.15, 0.2) is 0 Å². The molecule has 13 heavy (non-hydrogen) atoms. The van der Waals surface area contributed by atoms with E-state index in [2.05, 4.69) is 30.7 Å². The predicted octanol–water partition coefficient (Wildman–Crippen LogP) is 1.90. The summed E-state index contributed by atoms with van der Waals surface area (Å²) in [5, 5.41) is 3.44. The summed E-state index contributed by atoms with van der Waals surface area (Å²) in [5.74, 6) is 0. The van der Waals surface area contributed by atoms with Gasteiger partial charge in [-0.3, -0.25) is 0 Å². The maximum Gasteiger partial charge on any atom is 0.127 e. The molecular weight excluding hydrogens is 176 g/mol. The summed E-state index contributed by atoms with van der Waals surface area (Å²) in [6, 6.07) is 4.29. The van der Waals surface area contributed by atoms with Crippen molar-refractivity contribution in [3.8, 4) is 0 Å². The van der Waals surface area contributed by atoms with Crippen LogP contribution in [0.5, 0.6) is 0 Å². The minimum Gasteiger partial charge on any atom is -0.321 e. The van der Waals surface area contributed by atoms with Gasteiger partial charge in [-0.15, -0.1) is 0 Å². The summed E-state index contributed by atoms with van der Waals surface area (Å²) in [6.07, 6.45) is 0. The highest BCUT2D eigenvalue weighted by Crippen LogP contribution is 2.24. The maximum atomic E-state index is 3.44. The van der Waals surface area contributed by atoms with Gasteiger partial charge in [0, 0.05) is 26.2 Å². The lowest BCUT2D eigenvalue weighted by molar-refractivity contribution is 0.353. The second-order valence-electron chi connectivity index (χ2n) is 4.02. The van der Waals surface area contributed by atoms with Crippen molar-refractivity contribution in [2.75, 3.05) is 26.2 Å². The molecule has 1 aliphatic heterocycles. The van der Waals surface area contributed by atoms with Crippen LogP contribution >= 0.6 is 0 Å². The minimum atomic E-state index is -1.02. The van der Waals surface area contributed by atoms with Crippen molar-refractivity contribution >= 4 is 8.24 Å². The monoisotopic (exact) mass is 200 g/mol. The minimum absolute atomic E-state index is 1.02. The number of nitrogens with one attached hydrogen (secondary N) is 1. The molecule has 0 amide bonds. The summed E-state index contributed by atoms with van der Waals surface area (Å²) in [5.41, 5.74) is 0. The van der Waals surface area contributed by atoms with E-state index in [1.54, 1.807) is 0 Å². The first-order valence-electron chi connectivity index (χ1n) is 5.75. The Hall–Kier alpha value is 0.137. The van der Waals surface area contributed by atoms with Crippen molar-refractivity contribution in [2.24, 2.45) is 0 Å². The van der Waals surface area contributed by atoms with Gasteiger partial charge in [-0.25, -0.2) is 0 Å². The molecule has 0 unspecified atom stereocenters. The molecule has 1 rings (SSSR count). The summed E-state index contributed by atoms with van der Waals surface area (Å²) in [4.78, 5) is 0.